The van der Waals surface area contributed by atoms with Gasteiger partial charge in [-0.2, -0.15) is 0 Å². The minimum atomic E-state index is -0.329. The van der Waals surface area contributed by atoms with E-state index in [0.717, 1.165) is 15.7 Å². The van der Waals surface area contributed by atoms with Gasteiger partial charge in [-0.05, 0) is 48.7 Å². The van der Waals surface area contributed by atoms with Gasteiger partial charge in [-0.3, -0.25) is 0 Å². The average molecular weight is 348 g/mol. The monoisotopic (exact) mass is 347 g/mol. The van der Waals surface area contributed by atoms with Crippen molar-refractivity contribution in [3.8, 4) is 0 Å². The van der Waals surface area contributed by atoms with E-state index in [2.05, 4.69) is 47.2 Å². The summed E-state index contributed by atoms with van der Waals surface area (Å²) < 4.78 is 5.61. The Morgan fingerprint density at radius 1 is 1.24 bits per heavy atom. The van der Waals surface area contributed by atoms with Crippen molar-refractivity contribution >= 4 is 27.6 Å². The number of rotatable bonds is 4. The molecular formula is C17H18BrNO2. The van der Waals surface area contributed by atoms with Crippen molar-refractivity contribution in [3.05, 3.63) is 63.1 Å². The van der Waals surface area contributed by atoms with E-state index in [1.807, 2.05) is 12.1 Å². The Balaban J connectivity index is 2.13. The maximum Gasteiger partial charge on any atom is 0.337 e. The molecule has 0 aliphatic carbocycles. The minimum absolute atomic E-state index is 0.329. The van der Waals surface area contributed by atoms with Gasteiger partial charge in [0.2, 0.25) is 0 Å². The lowest BCUT2D eigenvalue weighted by atomic mass is 10.1. The standard InChI is InChI=1S/C17H18BrNO2/c1-11-5-4-6-16(12(11)2)19-10-14-8-7-13(9-15(14)18)17(20)21-3/h4-9,19H,10H2,1-3H3. The number of esters is 1. The molecule has 0 bridgehead atoms. The van der Waals surface area contributed by atoms with Gasteiger partial charge in [0.25, 0.3) is 0 Å². The number of nitrogens with one attached hydrogen (secondary N) is 1. The van der Waals surface area contributed by atoms with E-state index in [4.69, 9.17) is 4.74 Å². The Kier molecular flexibility index (Phi) is 5.02. The first-order chi connectivity index (χ1) is 10.0. The van der Waals surface area contributed by atoms with Crippen molar-refractivity contribution < 1.29 is 9.53 Å². The van der Waals surface area contributed by atoms with Crippen LogP contribution in [0, 0.1) is 13.8 Å². The van der Waals surface area contributed by atoms with Crippen LogP contribution < -0.4 is 5.32 Å². The van der Waals surface area contributed by atoms with Gasteiger partial charge in [0.15, 0.2) is 0 Å². The molecule has 110 valence electrons. The molecule has 2 aromatic carbocycles. The van der Waals surface area contributed by atoms with Gasteiger partial charge < -0.3 is 10.1 Å². The number of carbonyl (C=O) groups excluding carboxylic acids is 1. The topological polar surface area (TPSA) is 38.3 Å². The maximum absolute atomic E-state index is 11.5. The largest absolute Gasteiger partial charge is 0.465 e. The fourth-order valence-corrected chi connectivity index (χ4v) is 2.59. The van der Waals surface area contributed by atoms with Crippen LogP contribution in [-0.4, -0.2) is 13.1 Å². The van der Waals surface area contributed by atoms with Gasteiger partial charge in [-0.25, -0.2) is 4.79 Å². The summed E-state index contributed by atoms with van der Waals surface area (Å²) in [6.45, 7) is 4.89. The van der Waals surface area contributed by atoms with E-state index in [1.54, 1.807) is 12.1 Å². The van der Waals surface area contributed by atoms with Crippen molar-refractivity contribution in [2.24, 2.45) is 0 Å². The molecule has 0 radical (unpaired) electrons. The number of anilines is 1. The first-order valence-electron chi connectivity index (χ1n) is 6.69. The molecule has 0 aromatic heterocycles. The van der Waals surface area contributed by atoms with Crippen LogP contribution in [0.15, 0.2) is 40.9 Å². The molecule has 0 atom stereocenters. The van der Waals surface area contributed by atoms with E-state index in [9.17, 15) is 4.79 Å². The number of ether oxygens (including phenoxy) is 1. The molecule has 0 aliphatic rings. The molecule has 0 fully saturated rings. The van der Waals surface area contributed by atoms with Crippen molar-refractivity contribution in [1.82, 2.24) is 0 Å². The smallest absolute Gasteiger partial charge is 0.337 e. The van der Waals surface area contributed by atoms with Crippen molar-refractivity contribution in [2.75, 3.05) is 12.4 Å². The molecule has 0 heterocycles. The third-order valence-electron chi connectivity index (χ3n) is 3.55. The fraction of sp³-hybridized carbons (Fsp3) is 0.235. The number of hydrogen-bond acceptors (Lipinski definition) is 3. The van der Waals surface area contributed by atoms with Gasteiger partial charge in [-0.15, -0.1) is 0 Å². The highest BCUT2D eigenvalue weighted by Gasteiger charge is 2.08. The molecule has 0 amide bonds. The number of benzene rings is 2. The summed E-state index contributed by atoms with van der Waals surface area (Å²) in [4.78, 5) is 11.5. The highest BCUT2D eigenvalue weighted by molar-refractivity contribution is 9.10. The molecule has 0 spiro atoms. The summed E-state index contributed by atoms with van der Waals surface area (Å²) in [6, 6.07) is 11.7. The second kappa shape index (κ2) is 6.76. The Morgan fingerprint density at radius 3 is 2.67 bits per heavy atom. The second-order valence-electron chi connectivity index (χ2n) is 4.90. The van der Waals surface area contributed by atoms with Crippen molar-refractivity contribution in [2.45, 2.75) is 20.4 Å². The quantitative estimate of drug-likeness (QED) is 0.829. The molecule has 1 N–H and O–H groups in total. The lowest BCUT2D eigenvalue weighted by Crippen LogP contribution is -2.05. The normalized spacial score (nSPS) is 10.3. The third-order valence-corrected chi connectivity index (χ3v) is 4.29. The fourth-order valence-electron chi connectivity index (χ4n) is 2.07. The molecule has 4 heteroatoms. The van der Waals surface area contributed by atoms with E-state index >= 15 is 0 Å². The molecule has 21 heavy (non-hydrogen) atoms. The summed E-state index contributed by atoms with van der Waals surface area (Å²) in [7, 11) is 1.38. The Labute approximate surface area is 133 Å². The van der Waals surface area contributed by atoms with Crippen LogP contribution >= 0.6 is 15.9 Å². The molecule has 0 aliphatic heterocycles. The molecule has 3 nitrogen and oxygen atoms in total. The highest BCUT2D eigenvalue weighted by atomic mass is 79.9. The maximum atomic E-state index is 11.5. The lowest BCUT2D eigenvalue weighted by molar-refractivity contribution is 0.0600. The van der Waals surface area contributed by atoms with E-state index in [1.165, 1.54) is 18.2 Å². The predicted molar refractivity (Wildman–Crippen MR) is 88.7 cm³/mol. The van der Waals surface area contributed by atoms with Crippen LogP contribution in [0.1, 0.15) is 27.0 Å². The Hall–Kier alpha value is -1.81. The highest BCUT2D eigenvalue weighted by Crippen LogP contribution is 2.23. The van der Waals surface area contributed by atoms with Gasteiger partial charge in [0.1, 0.15) is 0 Å². The molecule has 0 saturated heterocycles. The average Bonchev–Trinajstić information content (AvgIpc) is 2.49. The third kappa shape index (κ3) is 3.64. The first kappa shape index (κ1) is 15.6. The van der Waals surface area contributed by atoms with Gasteiger partial charge in [0, 0.05) is 16.7 Å². The summed E-state index contributed by atoms with van der Waals surface area (Å²) in [5.41, 5.74) is 5.27. The molecule has 0 unspecified atom stereocenters. The SMILES string of the molecule is COC(=O)c1ccc(CNc2cccc(C)c2C)c(Br)c1. The van der Waals surface area contributed by atoms with Crippen LogP contribution in [0.2, 0.25) is 0 Å². The zero-order valence-electron chi connectivity index (χ0n) is 12.4. The molecule has 0 saturated carbocycles. The lowest BCUT2D eigenvalue weighted by Gasteiger charge is -2.13. The minimum Gasteiger partial charge on any atom is -0.465 e. The van der Waals surface area contributed by atoms with Crippen LogP contribution in [0.25, 0.3) is 0 Å². The Morgan fingerprint density at radius 2 is 2.00 bits per heavy atom. The first-order valence-corrected chi connectivity index (χ1v) is 7.49. The number of halogens is 1. The van der Waals surface area contributed by atoms with E-state index in [-0.39, 0.29) is 5.97 Å². The number of hydrogen-bond donors (Lipinski definition) is 1. The van der Waals surface area contributed by atoms with Crippen LogP contribution in [-0.2, 0) is 11.3 Å². The zero-order chi connectivity index (χ0) is 15.4. The number of carbonyl (C=O) groups is 1. The van der Waals surface area contributed by atoms with Gasteiger partial charge >= 0.3 is 5.97 Å². The van der Waals surface area contributed by atoms with Gasteiger partial charge in [-0.1, -0.05) is 34.1 Å². The predicted octanol–water partition coefficient (Wildman–Crippen LogP) is 4.46. The van der Waals surface area contributed by atoms with E-state index in [0.29, 0.717) is 12.1 Å². The summed E-state index contributed by atoms with van der Waals surface area (Å²) in [5.74, 6) is -0.329. The molecular weight excluding hydrogens is 330 g/mol. The van der Waals surface area contributed by atoms with Crippen molar-refractivity contribution in [1.29, 1.82) is 0 Å². The van der Waals surface area contributed by atoms with Crippen LogP contribution in [0.3, 0.4) is 0 Å². The number of aryl methyl sites for hydroxylation is 1. The summed E-state index contributed by atoms with van der Waals surface area (Å²) in [6.07, 6.45) is 0. The molecule has 2 rings (SSSR count). The van der Waals surface area contributed by atoms with Crippen LogP contribution in [0.5, 0.6) is 0 Å². The van der Waals surface area contributed by atoms with Crippen LogP contribution in [0.4, 0.5) is 5.69 Å². The molecule has 2 aromatic rings. The zero-order valence-corrected chi connectivity index (χ0v) is 14.0. The Bertz CT molecular complexity index is 668. The van der Waals surface area contributed by atoms with Crippen molar-refractivity contribution in [3.63, 3.8) is 0 Å². The summed E-state index contributed by atoms with van der Waals surface area (Å²) >= 11 is 3.50. The number of methoxy groups -OCH3 is 1. The van der Waals surface area contributed by atoms with Gasteiger partial charge in [0.05, 0.1) is 12.7 Å². The summed E-state index contributed by atoms with van der Waals surface area (Å²) in [5, 5.41) is 3.43. The second-order valence-corrected chi connectivity index (χ2v) is 5.75. The van der Waals surface area contributed by atoms with E-state index < -0.39 is 0 Å².